The second kappa shape index (κ2) is 4.59. The first-order valence-corrected chi connectivity index (χ1v) is 5.03. The Morgan fingerprint density at radius 2 is 1.38 bits per heavy atom. The number of benzene rings is 2. The zero-order chi connectivity index (χ0) is 11.4. The molecule has 3 heteroatoms. The summed E-state index contributed by atoms with van der Waals surface area (Å²) in [5.74, 6) is 6.16. The smallest absolute Gasteiger partial charge is 0.147 e. The third-order valence-corrected chi connectivity index (χ3v) is 2.32. The van der Waals surface area contributed by atoms with Gasteiger partial charge in [-0.2, -0.15) is 0 Å². The van der Waals surface area contributed by atoms with E-state index in [9.17, 15) is 0 Å². The maximum Gasteiger partial charge on any atom is 0.147 e. The Morgan fingerprint density at radius 3 is 1.94 bits per heavy atom. The summed E-state index contributed by atoms with van der Waals surface area (Å²) in [6.07, 6.45) is 0. The first-order chi connectivity index (χ1) is 7.79. The monoisotopic (exact) mass is 211 g/mol. The zero-order valence-corrected chi connectivity index (χ0v) is 8.80. The first kappa shape index (κ1) is 10.4. The van der Waals surface area contributed by atoms with Crippen LogP contribution in [0.25, 0.3) is 0 Å². The van der Waals surface area contributed by atoms with Crippen LogP contribution in [0.1, 0.15) is 5.56 Å². The fourth-order valence-electron chi connectivity index (χ4n) is 1.45. The van der Waals surface area contributed by atoms with Crippen molar-refractivity contribution < 1.29 is 0 Å². The van der Waals surface area contributed by atoms with Crippen molar-refractivity contribution in [2.24, 2.45) is 5.84 Å². The Kier molecular flexibility index (Phi) is 2.98. The van der Waals surface area contributed by atoms with Gasteiger partial charge in [0.2, 0.25) is 0 Å². The highest BCUT2D eigenvalue weighted by molar-refractivity contribution is 6.06. The molecule has 0 saturated heterocycles. The van der Waals surface area contributed by atoms with E-state index in [1.165, 1.54) is 5.01 Å². The number of nitrogens with one attached hydrogen (secondary N) is 1. The fourth-order valence-corrected chi connectivity index (χ4v) is 1.45. The number of rotatable bonds is 2. The van der Waals surface area contributed by atoms with Crippen molar-refractivity contribution in [2.75, 3.05) is 5.01 Å². The van der Waals surface area contributed by atoms with Gasteiger partial charge in [-0.1, -0.05) is 48.5 Å². The molecule has 3 nitrogen and oxygen atoms in total. The van der Waals surface area contributed by atoms with E-state index < -0.39 is 0 Å². The molecule has 0 atom stereocenters. The van der Waals surface area contributed by atoms with E-state index in [2.05, 4.69) is 0 Å². The van der Waals surface area contributed by atoms with Crippen LogP contribution in [0, 0.1) is 5.41 Å². The van der Waals surface area contributed by atoms with Crippen molar-refractivity contribution in [3.05, 3.63) is 66.2 Å². The van der Waals surface area contributed by atoms with Gasteiger partial charge in [-0.05, 0) is 12.1 Å². The third-order valence-electron chi connectivity index (χ3n) is 2.32. The number of hydrogen-bond acceptors (Lipinski definition) is 2. The molecule has 2 aromatic carbocycles. The van der Waals surface area contributed by atoms with Gasteiger partial charge in [0, 0.05) is 5.56 Å². The Bertz CT molecular complexity index is 465. The maximum atomic E-state index is 7.97. The molecule has 0 fully saturated rings. The molecule has 16 heavy (non-hydrogen) atoms. The standard InChI is InChI=1S/C13H13N3/c14-13(11-7-3-1-4-8-11)16(15)12-9-5-2-6-10-12/h1-10,14H,15H2. The summed E-state index contributed by atoms with van der Waals surface area (Å²) in [4.78, 5) is 0. The highest BCUT2D eigenvalue weighted by Crippen LogP contribution is 2.12. The third kappa shape index (κ3) is 2.10. The predicted molar refractivity (Wildman–Crippen MR) is 66.4 cm³/mol. The minimum atomic E-state index is 0.284. The van der Waals surface area contributed by atoms with Crippen LogP contribution in [0.3, 0.4) is 0 Å². The second-order valence-electron chi connectivity index (χ2n) is 3.42. The number of hydrogen-bond donors (Lipinski definition) is 2. The van der Waals surface area contributed by atoms with Crippen LogP contribution >= 0.6 is 0 Å². The molecule has 0 aliphatic carbocycles. The number of nitrogens with two attached hydrogens (primary N) is 1. The van der Waals surface area contributed by atoms with Gasteiger partial charge >= 0.3 is 0 Å². The summed E-state index contributed by atoms with van der Waals surface area (Å²) in [7, 11) is 0. The largest absolute Gasteiger partial charge is 0.283 e. The minimum absolute atomic E-state index is 0.284. The molecular formula is C13H13N3. The normalized spacial score (nSPS) is 9.81. The molecule has 0 heterocycles. The molecule has 0 aliphatic rings. The molecule has 0 bridgehead atoms. The van der Waals surface area contributed by atoms with Crippen LogP contribution in [-0.2, 0) is 0 Å². The van der Waals surface area contributed by atoms with Gasteiger partial charge < -0.3 is 0 Å². The highest BCUT2D eigenvalue weighted by atomic mass is 15.4. The second-order valence-corrected chi connectivity index (χ2v) is 3.42. The Morgan fingerprint density at radius 1 is 0.875 bits per heavy atom. The molecule has 0 unspecified atom stereocenters. The van der Waals surface area contributed by atoms with Crippen molar-refractivity contribution in [3.8, 4) is 0 Å². The summed E-state index contributed by atoms with van der Waals surface area (Å²) in [6.45, 7) is 0. The molecule has 2 rings (SSSR count). The maximum absolute atomic E-state index is 7.97. The molecule has 80 valence electrons. The molecular weight excluding hydrogens is 198 g/mol. The molecule has 0 amide bonds. The molecule has 0 aromatic heterocycles. The lowest BCUT2D eigenvalue weighted by atomic mass is 10.2. The van der Waals surface area contributed by atoms with E-state index in [4.69, 9.17) is 11.3 Å². The zero-order valence-electron chi connectivity index (χ0n) is 8.80. The van der Waals surface area contributed by atoms with Crippen LogP contribution in [0.2, 0.25) is 0 Å². The summed E-state index contributed by atoms with van der Waals surface area (Å²) >= 11 is 0. The Balaban J connectivity index is 2.24. The van der Waals surface area contributed by atoms with Crippen molar-refractivity contribution >= 4 is 11.5 Å². The predicted octanol–water partition coefficient (Wildman–Crippen LogP) is 2.39. The molecule has 3 N–H and O–H groups in total. The van der Waals surface area contributed by atoms with Crippen molar-refractivity contribution in [1.82, 2.24) is 0 Å². The van der Waals surface area contributed by atoms with Crippen molar-refractivity contribution in [3.63, 3.8) is 0 Å². The summed E-state index contributed by atoms with van der Waals surface area (Å²) in [6, 6.07) is 18.9. The lowest BCUT2D eigenvalue weighted by Crippen LogP contribution is -2.37. The molecule has 0 spiro atoms. The fraction of sp³-hybridized carbons (Fsp3) is 0. The molecule has 2 aromatic rings. The average molecular weight is 211 g/mol. The van der Waals surface area contributed by atoms with E-state index in [1.807, 2.05) is 60.7 Å². The highest BCUT2D eigenvalue weighted by Gasteiger charge is 2.08. The van der Waals surface area contributed by atoms with Crippen molar-refractivity contribution in [1.29, 1.82) is 5.41 Å². The van der Waals surface area contributed by atoms with Crippen LogP contribution in [0.15, 0.2) is 60.7 Å². The van der Waals surface area contributed by atoms with Crippen LogP contribution < -0.4 is 10.9 Å². The van der Waals surface area contributed by atoms with E-state index >= 15 is 0 Å². The minimum Gasteiger partial charge on any atom is -0.283 e. The number of hydrazine groups is 1. The van der Waals surface area contributed by atoms with Gasteiger partial charge in [-0.3, -0.25) is 10.4 Å². The van der Waals surface area contributed by atoms with Gasteiger partial charge in [-0.15, -0.1) is 0 Å². The number of amidine groups is 1. The summed E-state index contributed by atoms with van der Waals surface area (Å²) in [5.41, 5.74) is 1.60. The Hall–Kier alpha value is -2.13. The number of para-hydroxylation sites is 1. The lowest BCUT2D eigenvalue weighted by Gasteiger charge is -2.19. The first-order valence-electron chi connectivity index (χ1n) is 5.03. The average Bonchev–Trinajstić information content (AvgIpc) is 2.39. The molecule has 0 aliphatic heterocycles. The van der Waals surface area contributed by atoms with Crippen LogP contribution in [0.4, 0.5) is 5.69 Å². The van der Waals surface area contributed by atoms with Gasteiger partial charge in [0.1, 0.15) is 5.84 Å². The van der Waals surface area contributed by atoms with Crippen LogP contribution in [0.5, 0.6) is 0 Å². The molecule has 0 radical (unpaired) electrons. The molecule has 0 saturated carbocycles. The number of nitrogens with zero attached hydrogens (tertiary/aromatic N) is 1. The van der Waals surface area contributed by atoms with Gasteiger partial charge in [0.05, 0.1) is 5.69 Å². The van der Waals surface area contributed by atoms with Gasteiger partial charge in [0.25, 0.3) is 0 Å². The Labute approximate surface area is 94.6 Å². The summed E-state index contributed by atoms with van der Waals surface area (Å²) in [5, 5.41) is 9.34. The van der Waals surface area contributed by atoms with E-state index in [1.54, 1.807) is 0 Å². The van der Waals surface area contributed by atoms with Crippen molar-refractivity contribution in [2.45, 2.75) is 0 Å². The van der Waals surface area contributed by atoms with E-state index in [0.29, 0.717) is 0 Å². The number of anilines is 1. The van der Waals surface area contributed by atoms with E-state index in [0.717, 1.165) is 11.3 Å². The topological polar surface area (TPSA) is 53.1 Å². The lowest BCUT2D eigenvalue weighted by molar-refractivity contribution is 1.11. The SMILES string of the molecule is N=C(c1ccccc1)N(N)c1ccccc1. The van der Waals surface area contributed by atoms with Gasteiger partial charge in [0.15, 0.2) is 0 Å². The van der Waals surface area contributed by atoms with Crippen LogP contribution in [-0.4, -0.2) is 5.84 Å². The summed E-state index contributed by atoms with van der Waals surface area (Å²) < 4.78 is 0. The van der Waals surface area contributed by atoms with E-state index in [-0.39, 0.29) is 5.84 Å². The quantitative estimate of drug-likeness (QED) is 0.347. The van der Waals surface area contributed by atoms with Gasteiger partial charge in [-0.25, -0.2) is 5.84 Å².